The fraction of sp³-hybridized carbons (Fsp3) is 0.818. The van der Waals surface area contributed by atoms with E-state index in [2.05, 4.69) is 10.3 Å². The van der Waals surface area contributed by atoms with Gasteiger partial charge >= 0.3 is 19.9 Å². The van der Waals surface area contributed by atoms with Gasteiger partial charge in [0.2, 0.25) is 5.91 Å². The Labute approximate surface area is 283 Å². The monoisotopic (exact) mass is 702 g/mol. The number of carbonyl (C=O) groups excluding carboxylic acids is 1. The summed E-state index contributed by atoms with van der Waals surface area (Å²) in [7, 11) is -3.03. The minimum atomic E-state index is -3.03. The molecule has 1 aliphatic rings. The summed E-state index contributed by atoms with van der Waals surface area (Å²) in [4.78, 5) is 57.9. The maximum atomic E-state index is 12.3. The molecule has 274 valence electrons. The highest BCUT2D eigenvalue weighted by Gasteiger charge is 2.51. The van der Waals surface area contributed by atoms with E-state index in [4.69, 9.17) is 19.1 Å². The number of carboxylic acid groups (broad SMARTS) is 1. The second-order valence-electron chi connectivity index (χ2n) is 12.5. The van der Waals surface area contributed by atoms with Crippen molar-refractivity contribution in [3.05, 3.63) is 33.1 Å². The van der Waals surface area contributed by atoms with E-state index in [-0.39, 0.29) is 18.9 Å². The third-order valence-electron chi connectivity index (χ3n) is 8.55. The summed E-state index contributed by atoms with van der Waals surface area (Å²) in [5.41, 5.74) is -1.34. The minimum absolute atomic E-state index is 0.0803. The topological polar surface area (TPSA) is 206 Å². The summed E-state index contributed by atoms with van der Waals surface area (Å²) < 4.78 is 29.2. The van der Waals surface area contributed by atoms with Gasteiger partial charge in [0.05, 0.1) is 6.61 Å². The Bertz CT molecular complexity index is 1180. The quantitative estimate of drug-likeness (QED) is 0.0563. The highest BCUT2D eigenvalue weighted by Crippen LogP contribution is 2.37. The number of aliphatic hydroxyl groups is 1. The Morgan fingerprint density at radius 2 is 1.38 bits per heavy atom. The molecule has 1 aromatic rings. The standard InChI is InChI=1S/C33H56N3O11P/c37-25-26-30(47-48(43)44)31(32(46-26)36-23-21-28(39)35-33(36)42)45-24-18-14-13-17-22-34-27(38)19-15-11-9-7-5-3-1-2-4-6-8-10-12-16-20-29(40)41/h21,23,26,30-32,37H,1-20,22,24-25H2,(H3-,34,35,38,39,40,41,42,43,44)/p+1/t26-,30?,31?,32-/m1/s1. The minimum Gasteiger partial charge on any atom is -0.481 e. The summed E-state index contributed by atoms with van der Waals surface area (Å²) in [5, 5.41) is 21.3. The number of aliphatic carboxylic acids is 1. The molecule has 1 aliphatic heterocycles. The number of H-pyrrole nitrogens is 1. The first-order valence-corrected chi connectivity index (χ1v) is 18.9. The van der Waals surface area contributed by atoms with Gasteiger partial charge in [-0.05, 0) is 25.7 Å². The van der Waals surface area contributed by atoms with Crippen LogP contribution in [0.3, 0.4) is 0 Å². The summed E-state index contributed by atoms with van der Waals surface area (Å²) >= 11 is 0. The fourth-order valence-electron chi connectivity index (χ4n) is 5.91. The summed E-state index contributed by atoms with van der Waals surface area (Å²) in [6, 6.07) is 1.14. The van der Waals surface area contributed by atoms with E-state index in [1.807, 2.05) is 0 Å². The van der Waals surface area contributed by atoms with E-state index in [1.54, 1.807) is 0 Å². The van der Waals surface area contributed by atoms with Crippen LogP contribution in [0.25, 0.3) is 0 Å². The fourth-order valence-corrected chi connectivity index (χ4v) is 6.38. The molecule has 0 aliphatic carbocycles. The molecule has 1 saturated heterocycles. The highest BCUT2D eigenvalue weighted by molar-refractivity contribution is 7.32. The number of nitrogens with zero attached hydrogens (tertiary/aromatic N) is 1. The average Bonchev–Trinajstić information content (AvgIpc) is 3.37. The lowest BCUT2D eigenvalue weighted by Gasteiger charge is -2.22. The first-order valence-electron chi connectivity index (χ1n) is 17.7. The number of aromatic amines is 1. The van der Waals surface area contributed by atoms with Crippen molar-refractivity contribution in [2.75, 3.05) is 19.8 Å². The highest BCUT2D eigenvalue weighted by atomic mass is 31.1. The van der Waals surface area contributed by atoms with Gasteiger partial charge in [-0.15, -0.1) is 9.42 Å². The molecule has 2 heterocycles. The molecule has 1 amide bonds. The van der Waals surface area contributed by atoms with Gasteiger partial charge in [-0.1, -0.05) is 89.9 Å². The Hall–Kier alpha value is -2.48. The van der Waals surface area contributed by atoms with Crippen molar-refractivity contribution >= 4 is 20.1 Å². The third-order valence-corrected chi connectivity index (χ3v) is 8.97. The molecule has 1 aromatic heterocycles. The second-order valence-corrected chi connectivity index (χ2v) is 13.2. The van der Waals surface area contributed by atoms with Crippen LogP contribution in [0, 0.1) is 0 Å². The number of rotatable bonds is 29. The van der Waals surface area contributed by atoms with Crippen molar-refractivity contribution in [3.63, 3.8) is 0 Å². The van der Waals surface area contributed by atoms with Crippen molar-refractivity contribution in [1.82, 2.24) is 14.9 Å². The molecule has 0 radical (unpaired) electrons. The van der Waals surface area contributed by atoms with Gasteiger partial charge in [0.15, 0.2) is 12.3 Å². The molecule has 14 nitrogen and oxygen atoms in total. The number of unbranched alkanes of at least 4 members (excludes halogenated alkanes) is 16. The van der Waals surface area contributed by atoms with Crippen LogP contribution >= 0.6 is 8.25 Å². The molecule has 0 spiro atoms. The Kier molecular flexibility index (Phi) is 22.1. The van der Waals surface area contributed by atoms with Crippen LogP contribution in [0.15, 0.2) is 21.9 Å². The van der Waals surface area contributed by atoms with Crippen LogP contribution in [-0.4, -0.2) is 74.6 Å². The number of amides is 1. The second kappa shape index (κ2) is 25.5. The van der Waals surface area contributed by atoms with Gasteiger partial charge in [0.25, 0.3) is 5.56 Å². The van der Waals surface area contributed by atoms with E-state index in [0.29, 0.717) is 19.4 Å². The third kappa shape index (κ3) is 17.8. The Balaban J connectivity index is 1.47. The number of aromatic nitrogens is 2. The summed E-state index contributed by atoms with van der Waals surface area (Å²) in [6.45, 7) is 0.321. The number of carboxylic acids is 1. The maximum Gasteiger partial charge on any atom is 0.695 e. The largest absolute Gasteiger partial charge is 0.695 e. The van der Waals surface area contributed by atoms with Crippen LogP contribution in [0.2, 0.25) is 0 Å². The van der Waals surface area contributed by atoms with E-state index >= 15 is 0 Å². The van der Waals surface area contributed by atoms with Gasteiger partial charge in [-0.2, -0.15) is 0 Å². The van der Waals surface area contributed by atoms with Crippen LogP contribution < -0.4 is 16.6 Å². The number of ether oxygens (including phenoxy) is 2. The van der Waals surface area contributed by atoms with Crippen molar-refractivity contribution in [3.8, 4) is 0 Å². The molecule has 0 bridgehead atoms. The number of aliphatic hydroxyl groups excluding tert-OH is 1. The number of nitrogens with one attached hydrogen (secondary N) is 2. The van der Waals surface area contributed by atoms with Crippen molar-refractivity contribution in [2.24, 2.45) is 0 Å². The molecule has 2 rings (SSSR count). The van der Waals surface area contributed by atoms with Crippen LogP contribution in [0.5, 0.6) is 0 Å². The summed E-state index contributed by atoms with van der Waals surface area (Å²) in [5.74, 6) is -0.618. The molecule has 48 heavy (non-hydrogen) atoms. The predicted molar refractivity (Wildman–Crippen MR) is 180 cm³/mol. The Morgan fingerprint density at radius 1 is 0.833 bits per heavy atom. The van der Waals surface area contributed by atoms with E-state index in [9.17, 15) is 33.7 Å². The summed E-state index contributed by atoms with van der Waals surface area (Å²) in [6.07, 6.45) is 17.1. The van der Waals surface area contributed by atoms with Crippen molar-refractivity contribution < 1.29 is 43.3 Å². The van der Waals surface area contributed by atoms with Crippen LogP contribution in [0.1, 0.15) is 135 Å². The predicted octanol–water partition coefficient (Wildman–Crippen LogP) is 4.85. The normalized spacial score (nSPS) is 19.4. The first kappa shape index (κ1) is 41.7. The zero-order chi connectivity index (χ0) is 35.0. The first-order chi connectivity index (χ1) is 23.2. The lowest BCUT2D eigenvalue weighted by atomic mass is 10.0. The maximum absolute atomic E-state index is 12.3. The zero-order valence-electron chi connectivity index (χ0n) is 28.2. The number of hydrogen-bond acceptors (Lipinski definition) is 9. The van der Waals surface area contributed by atoms with Gasteiger partial charge < -0.3 is 25.0 Å². The van der Waals surface area contributed by atoms with Gasteiger partial charge in [-0.25, -0.2) is 4.79 Å². The van der Waals surface area contributed by atoms with Crippen LogP contribution in [0.4, 0.5) is 0 Å². The molecule has 5 N–H and O–H groups in total. The molecule has 0 aromatic carbocycles. The molecule has 0 saturated carbocycles. The van der Waals surface area contributed by atoms with Gasteiger partial charge in [-0.3, -0.25) is 23.9 Å². The van der Waals surface area contributed by atoms with Crippen LogP contribution in [-0.2, 0) is 28.2 Å². The van der Waals surface area contributed by atoms with E-state index in [1.165, 1.54) is 57.6 Å². The molecule has 5 atom stereocenters. The molecule has 15 heteroatoms. The average molecular weight is 703 g/mol. The zero-order valence-corrected chi connectivity index (χ0v) is 29.1. The van der Waals surface area contributed by atoms with E-state index < -0.39 is 56.6 Å². The lowest BCUT2D eigenvalue weighted by molar-refractivity contribution is -0.137. The van der Waals surface area contributed by atoms with Gasteiger partial charge in [0, 0.05) is 42.8 Å². The molecular formula is C33H57N3O11P+. The smallest absolute Gasteiger partial charge is 0.481 e. The molecular weight excluding hydrogens is 645 g/mol. The van der Waals surface area contributed by atoms with Crippen molar-refractivity contribution in [2.45, 2.75) is 153 Å². The molecule has 3 unspecified atom stereocenters. The molecule has 1 fully saturated rings. The van der Waals surface area contributed by atoms with Crippen molar-refractivity contribution in [1.29, 1.82) is 0 Å². The van der Waals surface area contributed by atoms with E-state index in [0.717, 1.165) is 68.4 Å². The number of hydrogen-bond donors (Lipinski definition) is 5. The Morgan fingerprint density at radius 3 is 1.92 bits per heavy atom. The number of carbonyl (C=O) groups is 2. The SMILES string of the molecule is O=C(O)CCCCCCCCCCCCCCCCC(=O)NCCCCCCOC1C(O[P+](=O)O)[C@@H](CO)O[C@H]1n1ccc(=O)[nH]c1=O. The lowest BCUT2D eigenvalue weighted by Crippen LogP contribution is -2.40. The van der Waals surface area contributed by atoms with Gasteiger partial charge in [0.1, 0.15) is 12.2 Å².